The fourth-order valence-electron chi connectivity index (χ4n) is 1.63. The van der Waals surface area contributed by atoms with Gasteiger partial charge in [-0.25, -0.2) is 13.8 Å². The van der Waals surface area contributed by atoms with Gasteiger partial charge in [-0.05, 0) is 24.3 Å². The molecule has 1 heterocycles. The van der Waals surface area contributed by atoms with Gasteiger partial charge in [0.25, 0.3) is 5.91 Å². The van der Waals surface area contributed by atoms with Crippen LogP contribution >= 0.6 is 11.6 Å². The fraction of sp³-hybridized carbons (Fsp3) is 0.200. The molecule has 1 unspecified atom stereocenters. The van der Waals surface area contributed by atoms with Crippen LogP contribution in [0.4, 0.5) is 8.78 Å². The molecule has 0 fully saturated rings. The van der Waals surface area contributed by atoms with Gasteiger partial charge >= 0.3 is 0 Å². The van der Waals surface area contributed by atoms with Crippen LogP contribution in [0.1, 0.15) is 10.5 Å². The highest BCUT2D eigenvalue weighted by Crippen LogP contribution is 2.15. The highest BCUT2D eigenvalue weighted by molar-refractivity contribution is 6.30. The molecule has 0 saturated heterocycles. The van der Waals surface area contributed by atoms with E-state index in [-0.39, 0.29) is 24.6 Å². The van der Waals surface area contributed by atoms with E-state index in [1.807, 2.05) is 0 Å². The molecule has 0 radical (unpaired) electrons. The molecule has 0 aliphatic carbocycles. The van der Waals surface area contributed by atoms with Crippen molar-refractivity contribution in [3.63, 3.8) is 0 Å². The van der Waals surface area contributed by atoms with E-state index in [9.17, 15) is 18.7 Å². The Balaban J connectivity index is 1.78. The van der Waals surface area contributed by atoms with Crippen LogP contribution in [0.3, 0.4) is 0 Å². The zero-order valence-corrected chi connectivity index (χ0v) is 12.6. The average Bonchev–Trinajstić information content (AvgIpc) is 2.54. The summed E-state index contributed by atoms with van der Waals surface area (Å²) in [6, 6.07) is 6.00. The number of hydrogen-bond donors (Lipinski definition) is 2. The molecule has 0 aliphatic rings. The van der Waals surface area contributed by atoms with Crippen molar-refractivity contribution >= 4 is 17.5 Å². The average molecular weight is 343 g/mol. The summed E-state index contributed by atoms with van der Waals surface area (Å²) >= 11 is 5.66. The van der Waals surface area contributed by atoms with Gasteiger partial charge < -0.3 is 15.2 Å². The topological polar surface area (TPSA) is 71.5 Å². The van der Waals surface area contributed by atoms with Gasteiger partial charge in [0.05, 0.1) is 5.02 Å². The second-order valence-corrected chi connectivity index (χ2v) is 5.05. The zero-order chi connectivity index (χ0) is 16.8. The van der Waals surface area contributed by atoms with E-state index in [0.717, 1.165) is 12.1 Å². The number of nitrogens with one attached hydrogen (secondary N) is 1. The van der Waals surface area contributed by atoms with Gasteiger partial charge in [0.2, 0.25) is 0 Å². The van der Waals surface area contributed by atoms with Crippen molar-refractivity contribution < 1.29 is 23.4 Å². The van der Waals surface area contributed by atoms with Gasteiger partial charge in [-0.3, -0.25) is 4.79 Å². The SMILES string of the molecule is O=C(NCC(O)COc1ccc(F)c(F)c1)c1ccc(Cl)cn1. The summed E-state index contributed by atoms with van der Waals surface area (Å²) in [7, 11) is 0. The number of halogens is 3. The Morgan fingerprint density at radius 3 is 2.74 bits per heavy atom. The Bertz CT molecular complexity index is 683. The molecule has 0 aliphatic heterocycles. The van der Waals surface area contributed by atoms with Crippen LogP contribution in [0.5, 0.6) is 5.75 Å². The number of amides is 1. The van der Waals surface area contributed by atoms with Gasteiger partial charge in [0.1, 0.15) is 24.2 Å². The fourth-order valence-corrected chi connectivity index (χ4v) is 1.74. The van der Waals surface area contributed by atoms with Crippen molar-refractivity contribution in [2.75, 3.05) is 13.2 Å². The Labute approximate surface area is 135 Å². The van der Waals surface area contributed by atoms with E-state index >= 15 is 0 Å². The van der Waals surface area contributed by atoms with Crippen molar-refractivity contribution in [3.05, 3.63) is 58.9 Å². The van der Waals surface area contributed by atoms with Gasteiger partial charge in [-0.15, -0.1) is 0 Å². The van der Waals surface area contributed by atoms with E-state index in [4.69, 9.17) is 16.3 Å². The predicted molar refractivity (Wildman–Crippen MR) is 79.4 cm³/mol. The molecular weight excluding hydrogens is 330 g/mol. The summed E-state index contributed by atoms with van der Waals surface area (Å²) in [4.78, 5) is 15.6. The number of aliphatic hydroxyl groups excluding tert-OH is 1. The first-order valence-corrected chi connectivity index (χ1v) is 6.99. The van der Waals surface area contributed by atoms with Crippen LogP contribution in [0.2, 0.25) is 5.02 Å². The third-order valence-corrected chi connectivity index (χ3v) is 3.02. The maximum Gasteiger partial charge on any atom is 0.269 e. The summed E-state index contributed by atoms with van der Waals surface area (Å²) < 4.78 is 30.9. The smallest absolute Gasteiger partial charge is 0.269 e. The van der Waals surface area contributed by atoms with Gasteiger partial charge in [0.15, 0.2) is 11.6 Å². The van der Waals surface area contributed by atoms with Crippen LogP contribution in [0.25, 0.3) is 0 Å². The van der Waals surface area contributed by atoms with E-state index in [0.29, 0.717) is 5.02 Å². The summed E-state index contributed by atoms with van der Waals surface area (Å²) in [5, 5.41) is 12.6. The van der Waals surface area contributed by atoms with Crippen molar-refractivity contribution in [2.24, 2.45) is 0 Å². The van der Waals surface area contributed by atoms with Crippen LogP contribution in [0.15, 0.2) is 36.5 Å². The molecule has 1 aromatic heterocycles. The minimum atomic E-state index is -1.04. The summed E-state index contributed by atoms with van der Waals surface area (Å²) in [5.41, 5.74) is 0.156. The Kier molecular flexibility index (Phi) is 5.84. The molecule has 2 rings (SSSR count). The minimum absolute atomic E-state index is 0.0774. The Morgan fingerprint density at radius 2 is 2.09 bits per heavy atom. The molecule has 1 aromatic carbocycles. The summed E-state index contributed by atoms with van der Waals surface area (Å²) in [6.07, 6.45) is 0.304. The Hall–Kier alpha value is -2.25. The maximum atomic E-state index is 13.0. The minimum Gasteiger partial charge on any atom is -0.491 e. The van der Waals surface area contributed by atoms with Crippen LogP contribution in [-0.2, 0) is 0 Å². The molecule has 1 amide bonds. The number of aromatic nitrogens is 1. The number of benzene rings is 1. The molecule has 122 valence electrons. The first kappa shape index (κ1) is 17.1. The van der Waals surface area contributed by atoms with Crippen molar-refractivity contribution in [2.45, 2.75) is 6.10 Å². The molecule has 2 N–H and O–H groups in total. The highest BCUT2D eigenvalue weighted by atomic mass is 35.5. The van der Waals surface area contributed by atoms with Gasteiger partial charge in [-0.1, -0.05) is 11.6 Å². The van der Waals surface area contributed by atoms with E-state index in [1.54, 1.807) is 0 Å². The number of carbonyl (C=O) groups excluding carboxylic acids is 1. The lowest BCUT2D eigenvalue weighted by Gasteiger charge is -2.13. The Morgan fingerprint density at radius 1 is 1.30 bits per heavy atom. The molecule has 23 heavy (non-hydrogen) atoms. The molecule has 2 aromatic rings. The van der Waals surface area contributed by atoms with Crippen LogP contribution < -0.4 is 10.1 Å². The molecule has 1 atom stereocenters. The monoisotopic (exact) mass is 342 g/mol. The van der Waals surface area contributed by atoms with E-state index in [2.05, 4.69) is 10.3 Å². The van der Waals surface area contributed by atoms with Crippen molar-refractivity contribution in [3.8, 4) is 5.75 Å². The molecular formula is C15H13ClF2N2O3. The van der Waals surface area contributed by atoms with Crippen molar-refractivity contribution in [1.82, 2.24) is 10.3 Å². The van der Waals surface area contributed by atoms with Crippen LogP contribution in [-0.4, -0.2) is 35.3 Å². The number of carbonyl (C=O) groups is 1. The first-order valence-electron chi connectivity index (χ1n) is 6.61. The predicted octanol–water partition coefficient (Wildman–Crippen LogP) is 2.18. The summed E-state index contributed by atoms with van der Waals surface area (Å²) in [5.74, 6) is -2.43. The molecule has 0 bridgehead atoms. The molecule has 0 spiro atoms. The van der Waals surface area contributed by atoms with Crippen LogP contribution in [0, 0.1) is 11.6 Å². The first-order chi connectivity index (χ1) is 11.0. The standard InChI is InChI=1S/C15H13ClF2N2O3/c16-9-1-4-14(19-6-9)15(22)20-7-10(21)8-23-11-2-3-12(17)13(18)5-11/h1-6,10,21H,7-8H2,(H,20,22). The molecule has 0 saturated carbocycles. The summed E-state index contributed by atoms with van der Waals surface area (Å²) in [6.45, 7) is -0.286. The number of aliphatic hydroxyl groups is 1. The second kappa shape index (κ2) is 7.85. The van der Waals surface area contributed by atoms with E-state index in [1.165, 1.54) is 24.4 Å². The third-order valence-electron chi connectivity index (χ3n) is 2.79. The number of ether oxygens (including phenoxy) is 1. The number of nitrogens with zero attached hydrogens (tertiary/aromatic N) is 1. The maximum absolute atomic E-state index is 13.0. The highest BCUT2D eigenvalue weighted by Gasteiger charge is 2.11. The normalized spacial score (nSPS) is 11.8. The molecule has 8 heteroatoms. The third kappa shape index (κ3) is 5.15. The second-order valence-electron chi connectivity index (χ2n) is 4.61. The van der Waals surface area contributed by atoms with E-state index < -0.39 is 23.6 Å². The van der Waals surface area contributed by atoms with Gasteiger partial charge in [-0.2, -0.15) is 0 Å². The lowest BCUT2D eigenvalue weighted by Crippen LogP contribution is -2.35. The zero-order valence-electron chi connectivity index (χ0n) is 11.8. The number of rotatable bonds is 6. The van der Waals surface area contributed by atoms with Crippen molar-refractivity contribution in [1.29, 1.82) is 0 Å². The quantitative estimate of drug-likeness (QED) is 0.844. The molecule has 5 nitrogen and oxygen atoms in total. The lowest BCUT2D eigenvalue weighted by atomic mass is 10.3. The lowest BCUT2D eigenvalue weighted by molar-refractivity contribution is 0.0839. The number of pyridine rings is 1. The number of hydrogen-bond acceptors (Lipinski definition) is 4. The van der Waals surface area contributed by atoms with Gasteiger partial charge in [0, 0.05) is 18.8 Å². The largest absolute Gasteiger partial charge is 0.491 e.